The third kappa shape index (κ3) is 8.34. The van der Waals surface area contributed by atoms with Crippen LogP contribution in [0.3, 0.4) is 0 Å². The van der Waals surface area contributed by atoms with Gasteiger partial charge in [0, 0.05) is 0 Å². The number of hydrogen-bond donors (Lipinski definition) is 0. The summed E-state index contributed by atoms with van der Waals surface area (Å²) in [7, 11) is 1.69. The Balaban J connectivity index is 3.38. The molecule has 0 amide bonds. The number of methoxy groups -OCH3 is 1. The van der Waals surface area contributed by atoms with Crippen LogP contribution in [0.2, 0.25) is 19.3 Å². The molecule has 0 aromatic rings. The van der Waals surface area contributed by atoms with Crippen molar-refractivity contribution in [3.8, 4) is 0 Å². The molecule has 0 N–H and O–H groups in total. The van der Waals surface area contributed by atoms with Crippen molar-refractivity contribution in [2.45, 2.75) is 19.3 Å². The van der Waals surface area contributed by atoms with E-state index in [0.29, 0.717) is 0 Å². The quantitative estimate of drug-likeness (QED) is 0.539. The van der Waals surface area contributed by atoms with Gasteiger partial charge in [0.15, 0.2) is 0 Å². The summed E-state index contributed by atoms with van der Waals surface area (Å²) in [6, 6.07) is 0. The first-order chi connectivity index (χ1) is 4.06. The molecule has 0 radical (unpaired) electrons. The molecule has 0 unspecified atom stereocenters. The third-order valence-electron chi connectivity index (χ3n) is 0.963. The van der Waals surface area contributed by atoms with Gasteiger partial charge < -0.3 is 0 Å². The number of ether oxygens (including phenoxy) is 1. The summed E-state index contributed by atoms with van der Waals surface area (Å²) in [4.78, 5) is 7.23. The molecular weight excluding hydrogens is 219 g/mol. The van der Waals surface area contributed by atoms with E-state index >= 15 is 0 Å². The average Bonchev–Trinajstić information content (AvgIpc) is 1.63. The molecule has 0 saturated carbocycles. The van der Waals surface area contributed by atoms with Crippen LogP contribution in [0.4, 0.5) is 0 Å². The van der Waals surface area contributed by atoms with E-state index in [1.807, 2.05) is 0 Å². The van der Waals surface area contributed by atoms with E-state index < -0.39 is 18.4 Å². The van der Waals surface area contributed by atoms with E-state index in [4.69, 9.17) is 4.74 Å². The van der Waals surface area contributed by atoms with Crippen molar-refractivity contribution < 1.29 is 4.74 Å². The predicted octanol–water partition coefficient (Wildman–Crippen LogP) is 2.48. The normalized spacial score (nSPS) is 12.4. The van der Waals surface area contributed by atoms with Crippen molar-refractivity contribution in [1.29, 1.82) is 0 Å². The Morgan fingerprint density at radius 3 is 2.22 bits per heavy atom. The van der Waals surface area contributed by atoms with Crippen LogP contribution in [0, 0.1) is 0 Å². The first kappa shape index (κ1) is 9.34. The van der Waals surface area contributed by atoms with Crippen molar-refractivity contribution in [2.75, 3.05) is 7.11 Å². The molecule has 54 valence electrons. The van der Waals surface area contributed by atoms with Crippen LogP contribution in [-0.4, -0.2) is 25.5 Å². The molecule has 0 spiro atoms. The molecule has 0 aliphatic heterocycles. The van der Waals surface area contributed by atoms with E-state index in [2.05, 4.69) is 20.9 Å². The first-order valence-corrected chi connectivity index (χ1v) is 13.8. The Morgan fingerprint density at radius 1 is 1.33 bits per heavy atom. The van der Waals surface area contributed by atoms with Gasteiger partial charge in [-0.2, -0.15) is 0 Å². The summed E-state index contributed by atoms with van der Waals surface area (Å²) in [5.74, 6) is 0. The number of allylic oxidation sites excluding steroid dienone is 1. The Labute approximate surface area is 62.0 Å². The zero-order chi connectivity index (χ0) is 7.33. The van der Waals surface area contributed by atoms with E-state index in [-0.39, 0.29) is 0 Å². The fourth-order valence-corrected chi connectivity index (χ4v) is 2.79. The maximum atomic E-state index is 4.79. The van der Waals surface area contributed by atoms with Crippen molar-refractivity contribution in [1.82, 2.24) is 0 Å². The monoisotopic (exact) mass is 236 g/mol. The zero-order valence-electron chi connectivity index (χ0n) is 6.77. The number of rotatable bonds is 3. The van der Waals surface area contributed by atoms with Gasteiger partial charge in [-0.25, -0.2) is 0 Å². The van der Waals surface area contributed by atoms with Crippen molar-refractivity contribution in [3.05, 3.63) is 12.3 Å². The van der Waals surface area contributed by atoms with Crippen molar-refractivity contribution >= 4 is 18.4 Å². The molecule has 9 heavy (non-hydrogen) atoms. The maximum absolute atomic E-state index is 4.79. The van der Waals surface area contributed by atoms with Gasteiger partial charge in [0.25, 0.3) is 0 Å². The van der Waals surface area contributed by atoms with Gasteiger partial charge in [0.2, 0.25) is 0 Å². The van der Waals surface area contributed by atoms with Crippen LogP contribution in [0.1, 0.15) is 0 Å². The van der Waals surface area contributed by atoms with Crippen LogP contribution < -0.4 is 0 Å². The first-order valence-electron chi connectivity index (χ1n) is 3.24. The molecule has 0 rings (SSSR count). The molecule has 0 heterocycles. The van der Waals surface area contributed by atoms with Crippen molar-refractivity contribution in [2.24, 2.45) is 0 Å². The third-order valence-corrected chi connectivity index (χ3v) is 5.13. The molecule has 0 atom stereocenters. The Bertz CT molecular complexity index is 91.6. The van der Waals surface area contributed by atoms with Gasteiger partial charge in [-0.05, 0) is 0 Å². The molecule has 0 aromatic carbocycles. The summed E-state index contributed by atoms with van der Waals surface area (Å²) in [6.45, 7) is 0. The van der Waals surface area contributed by atoms with E-state index in [0.717, 1.165) is 0 Å². The second-order valence-corrected chi connectivity index (χ2v) is 19.2. The van der Waals surface area contributed by atoms with E-state index in [1.165, 1.54) is 4.44 Å². The van der Waals surface area contributed by atoms with Crippen LogP contribution >= 0.6 is 0 Å². The summed E-state index contributed by atoms with van der Waals surface area (Å²) < 4.78 is 6.07. The predicted molar refractivity (Wildman–Crippen MR) is 44.3 cm³/mol. The molecule has 0 aliphatic carbocycles. The summed E-state index contributed by atoms with van der Waals surface area (Å²) in [5.41, 5.74) is 0. The van der Waals surface area contributed by atoms with Crippen LogP contribution in [0.25, 0.3) is 0 Å². The Hall–Kier alpha value is 0.339. The summed E-state index contributed by atoms with van der Waals surface area (Å²) in [5, 5.41) is 0. The summed E-state index contributed by atoms with van der Waals surface area (Å²) >= 11 is -1.50. The molecule has 2 heteroatoms. The molecule has 1 nitrogen and oxygen atoms in total. The van der Waals surface area contributed by atoms with E-state index in [1.54, 1.807) is 13.4 Å². The Morgan fingerprint density at radius 2 is 1.89 bits per heavy atom. The molecule has 0 aliphatic rings. The number of hydrogen-bond acceptors (Lipinski definition) is 1. The molecule has 0 saturated heterocycles. The van der Waals surface area contributed by atoms with Crippen LogP contribution in [-0.2, 0) is 4.74 Å². The fraction of sp³-hybridized carbons (Fsp3) is 0.714. The van der Waals surface area contributed by atoms with Gasteiger partial charge in [0.05, 0.1) is 0 Å². The second kappa shape index (κ2) is 4.20. The minimum atomic E-state index is -1.50. The topological polar surface area (TPSA) is 9.23 Å². The minimum absolute atomic E-state index is 1.28. The fourth-order valence-electron chi connectivity index (χ4n) is 0.498. The average molecular weight is 235 g/mol. The van der Waals surface area contributed by atoms with E-state index in [9.17, 15) is 0 Å². The van der Waals surface area contributed by atoms with Crippen LogP contribution in [0.5, 0.6) is 0 Å². The molecule has 0 bridgehead atoms. The van der Waals surface area contributed by atoms with Crippen LogP contribution in [0.15, 0.2) is 12.3 Å². The summed E-state index contributed by atoms with van der Waals surface area (Å²) in [6.07, 6.45) is 3.91. The van der Waals surface area contributed by atoms with Crippen molar-refractivity contribution in [3.63, 3.8) is 0 Å². The Kier molecular flexibility index (Phi) is 4.36. The molecule has 0 fully saturated rings. The van der Waals surface area contributed by atoms with Gasteiger partial charge in [0.1, 0.15) is 0 Å². The second-order valence-electron chi connectivity index (χ2n) is 3.37. The zero-order valence-corrected chi connectivity index (χ0v) is 9.62. The standard InChI is InChI=1S/C4H7O.3CH3.Sn/c1-3-4-5-2;;;;/h3-4H,1H2,2H3;3*1H3;/b4-3+;;;;. The van der Waals surface area contributed by atoms with Gasteiger partial charge in [-0.3, -0.25) is 0 Å². The van der Waals surface area contributed by atoms with Gasteiger partial charge in [-0.1, -0.05) is 0 Å². The molecule has 0 aromatic heterocycles. The molecular formula is C7H16OSn. The van der Waals surface area contributed by atoms with Gasteiger partial charge in [-0.15, -0.1) is 0 Å². The SMILES string of the molecule is CO/C=C/[CH2][Sn]([CH3])([CH3])[CH3]. The van der Waals surface area contributed by atoms with Gasteiger partial charge >= 0.3 is 61.8 Å².